The van der Waals surface area contributed by atoms with E-state index in [0.29, 0.717) is 5.56 Å². The first-order valence-electron chi connectivity index (χ1n) is 10.3. The smallest absolute Gasteiger partial charge is 0.300 e. The number of H-pyrrole nitrogens is 1. The molecule has 2 heterocycles. The van der Waals surface area contributed by atoms with E-state index in [9.17, 15) is 23.5 Å². The first kappa shape index (κ1) is 20.6. The first-order valence-corrected chi connectivity index (χ1v) is 10.3. The number of ketones is 1. The van der Waals surface area contributed by atoms with Crippen LogP contribution in [0.3, 0.4) is 0 Å². The summed E-state index contributed by atoms with van der Waals surface area (Å²) in [4.78, 5) is 30.7. The average Bonchev–Trinajstić information content (AvgIpc) is 3.34. The van der Waals surface area contributed by atoms with Crippen LogP contribution in [0.1, 0.15) is 22.7 Å². The SMILES string of the molecule is Cc1cc(/C(O)=C2\C(=O)C(=O)N(c3cccc(F)c3)C2c2c[nH]c3ccccc23)ccc1F. The number of anilines is 1. The molecule has 0 spiro atoms. The van der Waals surface area contributed by atoms with E-state index in [4.69, 9.17) is 0 Å². The molecule has 1 unspecified atom stereocenters. The Hall–Kier alpha value is -4.26. The zero-order valence-corrected chi connectivity index (χ0v) is 17.5. The van der Waals surface area contributed by atoms with Crippen molar-refractivity contribution in [1.29, 1.82) is 0 Å². The topological polar surface area (TPSA) is 73.4 Å². The fourth-order valence-electron chi connectivity index (χ4n) is 4.29. The normalized spacial score (nSPS) is 17.8. The van der Waals surface area contributed by atoms with Crippen molar-refractivity contribution in [2.45, 2.75) is 13.0 Å². The highest BCUT2D eigenvalue weighted by Crippen LogP contribution is 2.44. The number of halogens is 2. The van der Waals surface area contributed by atoms with Crippen LogP contribution in [0, 0.1) is 18.6 Å². The molecule has 7 heteroatoms. The lowest BCUT2D eigenvalue weighted by molar-refractivity contribution is -0.132. The van der Waals surface area contributed by atoms with Crippen molar-refractivity contribution >= 4 is 34.0 Å². The third-order valence-corrected chi connectivity index (χ3v) is 5.88. The van der Waals surface area contributed by atoms with E-state index in [1.165, 1.54) is 48.2 Å². The minimum atomic E-state index is -1.02. The van der Waals surface area contributed by atoms with E-state index in [1.807, 2.05) is 24.3 Å². The van der Waals surface area contributed by atoms with Crippen LogP contribution in [-0.4, -0.2) is 21.8 Å². The van der Waals surface area contributed by atoms with Gasteiger partial charge in [-0.05, 0) is 55.0 Å². The number of aromatic nitrogens is 1. The maximum Gasteiger partial charge on any atom is 0.300 e. The summed E-state index contributed by atoms with van der Waals surface area (Å²) in [6.45, 7) is 1.54. The van der Waals surface area contributed by atoms with Crippen molar-refractivity contribution in [3.8, 4) is 0 Å². The lowest BCUT2D eigenvalue weighted by Gasteiger charge is -2.25. The van der Waals surface area contributed by atoms with E-state index in [2.05, 4.69) is 4.98 Å². The molecule has 2 N–H and O–H groups in total. The van der Waals surface area contributed by atoms with Gasteiger partial charge in [0.2, 0.25) is 0 Å². The van der Waals surface area contributed by atoms with Crippen LogP contribution in [0.2, 0.25) is 0 Å². The molecule has 1 aliphatic heterocycles. The molecule has 1 aromatic heterocycles. The number of hydrogen-bond donors (Lipinski definition) is 2. The average molecular weight is 444 g/mol. The van der Waals surface area contributed by atoms with Crippen molar-refractivity contribution in [3.63, 3.8) is 0 Å². The van der Waals surface area contributed by atoms with Crippen LogP contribution in [-0.2, 0) is 9.59 Å². The second-order valence-electron chi connectivity index (χ2n) is 7.90. The predicted molar refractivity (Wildman–Crippen MR) is 121 cm³/mol. The summed E-state index contributed by atoms with van der Waals surface area (Å²) in [5, 5.41) is 11.9. The largest absolute Gasteiger partial charge is 0.507 e. The van der Waals surface area contributed by atoms with Gasteiger partial charge in [-0.25, -0.2) is 8.78 Å². The number of nitrogens with zero attached hydrogens (tertiary/aromatic N) is 1. The number of benzene rings is 3. The third-order valence-electron chi connectivity index (χ3n) is 5.88. The fraction of sp³-hybridized carbons (Fsp3) is 0.0769. The molecule has 0 saturated carbocycles. The number of aliphatic hydroxyl groups is 1. The number of carbonyl (C=O) groups is 2. The zero-order chi connectivity index (χ0) is 23.3. The van der Waals surface area contributed by atoms with E-state index in [0.717, 1.165) is 17.0 Å². The Kier molecular flexibility index (Phi) is 4.82. The summed E-state index contributed by atoms with van der Waals surface area (Å²) in [5.41, 5.74) is 1.85. The van der Waals surface area contributed by atoms with Crippen LogP contribution in [0.5, 0.6) is 0 Å². The van der Waals surface area contributed by atoms with Crippen molar-refractivity contribution < 1.29 is 23.5 Å². The van der Waals surface area contributed by atoms with Gasteiger partial charge in [0.25, 0.3) is 11.7 Å². The minimum Gasteiger partial charge on any atom is -0.507 e. The van der Waals surface area contributed by atoms with E-state index in [-0.39, 0.29) is 22.4 Å². The highest BCUT2D eigenvalue weighted by Gasteiger charge is 2.47. The molecule has 1 amide bonds. The van der Waals surface area contributed by atoms with Gasteiger partial charge in [-0.3, -0.25) is 14.5 Å². The molecule has 1 aliphatic rings. The van der Waals surface area contributed by atoms with E-state index < -0.39 is 35.1 Å². The van der Waals surface area contributed by atoms with Crippen molar-refractivity contribution in [2.24, 2.45) is 0 Å². The number of rotatable bonds is 3. The van der Waals surface area contributed by atoms with Crippen LogP contribution in [0.15, 0.2) is 78.5 Å². The van der Waals surface area contributed by atoms with Crippen LogP contribution < -0.4 is 4.90 Å². The molecule has 1 saturated heterocycles. The number of para-hydroxylation sites is 1. The molecule has 4 aromatic rings. The molecule has 3 aromatic carbocycles. The van der Waals surface area contributed by atoms with Gasteiger partial charge >= 0.3 is 0 Å². The highest BCUT2D eigenvalue weighted by molar-refractivity contribution is 6.51. The Morgan fingerprint density at radius 1 is 1.00 bits per heavy atom. The van der Waals surface area contributed by atoms with Gasteiger partial charge < -0.3 is 10.1 Å². The minimum absolute atomic E-state index is 0.153. The molecule has 1 atom stereocenters. The van der Waals surface area contributed by atoms with Gasteiger partial charge in [0.05, 0.1) is 11.6 Å². The van der Waals surface area contributed by atoms with Crippen LogP contribution in [0.4, 0.5) is 14.5 Å². The molecule has 1 fully saturated rings. The van der Waals surface area contributed by atoms with Gasteiger partial charge in [-0.1, -0.05) is 24.3 Å². The molecular weight excluding hydrogens is 426 g/mol. The summed E-state index contributed by atoms with van der Waals surface area (Å²) >= 11 is 0. The maximum atomic E-state index is 14.0. The number of aromatic amines is 1. The number of Topliss-reactive ketones (excluding diaryl/α,β-unsaturated/α-hetero) is 1. The number of aliphatic hydroxyl groups excluding tert-OH is 1. The molecule has 5 nitrogen and oxygen atoms in total. The van der Waals surface area contributed by atoms with Gasteiger partial charge in [0.15, 0.2) is 0 Å². The second kappa shape index (κ2) is 7.70. The molecule has 0 bridgehead atoms. The standard InChI is InChI=1S/C26H18F2N2O3/c1-14-11-15(9-10-20(14)28)24(31)22-23(19-13-29-21-8-3-2-7-18(19)21)30(26(33)25(22)32)17-6-4-5-16(27)12-17/h2-13,23,29,31H,1H3/b24-22+. The predicted octanol–water partition coefficient (Wildman–Crippen LogP) is 5.38. The number of hydrogen-bond acceptors (Lipinski definition) is 3. The Labute approximate surface area is 187 Å². The molecule has 0 aliphatic carbocycles. The van der Waals surface area contributed by atoms with Gasteiger partial charge in [0.1, 0.15) is 17.4 Å². The zero-order valence-electron chi connectivity index (χ0n) is 17.5. The van der Waals surface area contributed by atoms with E-state index in [1.54, 1.807) is 6.20 Å². The summed E-state index contributed by atoms with van der Waals surface area (Å²) in [6.07, 6.45) is 1.66. The van der Waals surface area contributed by atoms with Crippen molar-refractivity contribution in [3.05, 3.63) is 107 Å². The highest BCUT2D eigenvalue weighted by atomic mass is 19.1. The van der Waals surface area contributed by atoms with Gasteiger partial charge in [-0.2, -0.15) is 0 Å². The van der Waals surface area contributed by atoms with Crippen molar-refractivity contribution in [2.75, 3.05) is 4.90 Å². The number of nitrogens with one attached hydrogen (secondary N) is 1. The van der Waals surface area contributed by atoms with E-state index >= 15 is 0 Å². The van der Waals surface area contributed by atoms with Crippen molar-refractivity contribution in [1.82, 2.24) is 4.98 Å². The van der Waals surface area contributed by atoms with Crippen LogP contribution in [0.25, 0.3) is 16.7 Å². The molecule has 33 heavy (non-hydrogen) atoms. The quantitative estimate of drug-likeness (QED) is 0.253. The molecule has 0 radical (unpaired) electrons. The molecular formula is C26H18F2N2O3. The lowest BCUT2D eigenvalue weighted by atomic mass is 9.94. The Morgan fingerprint density at radius 3 is 2.55 bits per heavy atom. The summed E-state index contributed by atoms with van der Waals surface area (Å²) < 4.78 is 27.9. The summed E-state index contributed by atoms with van der Waals surface area (Å²) in [7, 11) is 0. The molecule has 164 valence electrons. The Bertz CT molecular complexity index is 1470. The van der Waals surface area contributed by atoms with Gasteiger partial charge in [-0.15, -0.1) is 0 Å². The molecule has 5 rings (SSSR count). The lowest BCUT2D eigenvalue weighted by Crippen LogP contribution is -2.29. The number of fused-ring (bicyclic) bond motifs is 1. The summed E-state index contributed by atoms with van der Waals surface area (Å²) in [6, 6.07) is 15.6. The number of aryl methyl sites for hydroxylation is 1. The first-order chi connectivity index (χ1) is 15.9. The summed E-state index contributed by atoms with van der Waals surface area (Å²) in [5.74, 6) is -3.25. The van der Waals surface area contributed by atoms with Crippen LogP contribution >= 0.6 is 0 Å². The Morgan fingerprint density at radius 2 is 1.79 bits per heavy atom. The number of carbonyl (C=O) groups excluding carboxylic acids is 2. The Balaban J connectivity index is 1.79. The van der Waals surface area contributed by atoms with Gasteiger partial charge in [0, 0.05) is 33.9 Å². The number of amides is 1. The maximum absolute atomic E-state index is 14.0. The third kappa shape index (κ3) is 3.29. The fourth-order valence-corrected chi connectivity index (χ4v) is 4.29. The monoisotopic (exact) mass is 444 g/mol. The second-order valence-corrected chi connectivity index (χ2v) is 7.90.